The molecule has 0 aliphatic carbocycles. The molecular weight excluding hydrogens is 389 g/mol. The predicted molar refractivity (Wildman–Crippen MR) is 90.8 cm³/mol. The van der Waals surface area contributed by atoms with Crippen molar-refractivity contribution in [2.45, 2.75) is 13.0 Å². The van der Waals surface area contributed by atoms with Gasteiger partial charge in [-0.2, -0.15) is 0 Å². The molecule has 1 atom stereocenters. The molecule has 0 bridgehead atoms. The number of methoxy groups -OCH3 is 1. The summed E-state index contributed by atoms with van der Waals surface area (Å²) in [5.74, 6) is -0.153. The zero-order valence-electron chi connectivity index (χ0n) is 12.4. The zero-order chi connectivity index (χ0) is 17.0. The molecular formula is C16H14BrClFNO3. The molecule has 23 heavy (non-hydrogen) atoms. The lowest BCUT2D eigenvalue weighted by molar-refractivity contribution is -0.122. The summed E-state index contributed by atoms with van der Waals surface area (Å²) in [4.78, 5) is 12.2. The van der Waals surface area contributed by atoms with Crippen molar-refractivity contribution in [3.8, 4) is 11.5 Å². The maximum absolute atomic E-state index is 13.5. The van der Waals surface area contributed by atoms with Crippen LogP contribution in [0.2, 0.25) is 5.02 Å². The Kier molecular flexibility index (Phi) is 5.85. The number of hydrogen-bond donors (Lipinski definition) is 1. The summed E-state index contributed by atoms with van der Waals surface area (Å²) in [6.45, 7) is 1.58. The van der Waals surface area contributed by atoms with E-state index in [-0.39, 0.29) is 5.69 Å². The van der Waals surface area contributed by atoms with Crippen LogP contribution in [0.25, 0.3) is 0 Å². The van der Waals surface area contributed by atoms with E-state index in [1.54, 1.807) is 31.2 Å². The van der Waals surface area contributed by atoms with Gasteiger partial charge in [0.2, 0.25) is 0 Å². The van der Waals surface area contributed by atoms with E-state index in [1.165, 1.54) is 19.2 Å². The topological polar surface area (TPSA) is 47.6 Å². The van der Waals surface area contributed by atoms with Crippen molar-refractivity contribution >= 4 is 39.1 Å². The largest absolute Gasteiger partial charge is 0.493 e. The van der Waals surface area contributed by atoms with Crippen LogP contribution in [0.15, 0.2) is 40.9 Å². The van der Waals surface area contributed by atoms with E-state index in [2.05, 4.69) is 21.2 Å². The smallest absolute Gasteiger partial charge is 0.265 e. The van der Waals surface area contributed by atoms with Crippen molar-refractivity contribution in [3.05, 3.63) is 51.7 Å². The molecule has 2 aromatic carbocycles. The highest BCUT2D eigenvalue weighted by atomic mass is 79.9. The molecule has 4 nitrogen and oxygen atoms in total. The highest BCUT2D eigenvalue weighted by molar-refractivity contribution is 9.10. The minimum Gasteiger partial charge on any atom is -0.493 e. The van der Waals surface area contributed by atoms with Gasteiger partial charge in [-0.25, -0.2) is 4.39 Å². The number of ether oxygens (including phenoxy) is 2. The van der Waals surface area contributed by atoms with Gasteiger partial charge in [0.15, 0.2) is 11.9 Å². The maximum Gasteiger partial charge on any atom is 0.265 e. The van der Waals surface area contributed by atoms with Crippen LogP contribution in [0.4, 0.5) is 10.1 Å². The summed E-state index contributed by atoms with van der Waals surface area (Å²) in [6.07, 6.45) is -0.805. The average Bonchev–Trinajstić information content (AvgIpc) is 2.46. The highest BCUT2D eigenvalue weighted by Gasteiger charge is 2.18. The second-order valence-corrected chi connectivity index (χ2v) is 5.97. The van der Waals surface area contributed by atoms with Crippen molar-refractivity contribution in [1.82, 2.24) is 0 Å². The summed E-state index contributed by atoms with van der Waals surface area (Å²) in [5.41, 5.74) is 0.214. The van der Waals surface area contributed by atoms with Crippen LogP contribution < -0.4 is 14.8 Å². The first kappa shape index (κ1) is 17.6. The SMILES string of the molecule is COc1c(Br)cc(F)cc1NC(=O)C(C)Oc1cccc(Cl)c1. The monoisotopic (exact) mass is 401 g/mol. The predicted octanol–water partition coefficient (Wildman–Crippen LogP) is 4.66. The van der Waals surface area contributed by atoms with E-state index in [9.17, 15) is 9.18 Å². The lowest BCUT2D eigenvalue weighted by Gasteiger charge is -2.17. The normalized spacial score (nSPS) is 11.7. The van der Waals surface area contributed by atoms with Gasteiger partial charge in [0.25, 0.3) is 5.91 Å². The van der Waals surface area contributed by atoms with Gasteiger partial charge in [-0.15, -0.1) is 0 Å². The fourth-order valence-corrected chi connectivity index (χ4v) is 2.67. The molecule has 0 heterocycles. The molecule has 0 fully saturated rings. The lowest BCUT2D eigenvalue weighted by Crippen LogP contribution is -2.30. The molecule has 7 heteroatoms. The van der Waals surface area contributed by atoms with Gasteiger partial charge < -0.3 is 14.8 Å². The Morgan fingerprint density at radius 2 is 2.09 bits per heavy atom. The Bertz CT molecular complexity index is 726. The zero-order valence-corrected chi connectivity index (χ0v) is 14.7. The molecule has 2 aromatic rings. The second kappa shape index (κ2) is 7.66. The van der Waals surface area contributed by atoms with Crippen LogP contribution in [-0.2, 0) is 4.79 Å². The number of nitrogens with one attached hydrogen (secondary N) is 1. The number of carbonyl (C=O) groups is 1. The molecule has 0 aromatic heterocycles. The minimum atomic E-state index is -0.805. The molecule has 0 saturated carbocycles. The minimum absolute atomic E-state index is 0.214. The second-order valence-electron chi connectivity index (χ2n) is 4.68. The summed E-state index contributed by atoms with van der Waals surface area (Å²) < 4.78 is 24.6. The number of rotatable bonds is 5. The van der Waals surface area contributed by atoms with E-state index in [0.29, 0.717) is 21.0 Å². The van der Waals surface area contributed by atoms with Gasteiger partial charge in [-0.1, -0.05) is 17.7 Å². The Labute approximate surface area is 146 Å². The summed E-state index contributed by atoms with van der Waals surface area (Å²) in [5, 5.41) is 3.09. The van der Waals surface area contributed by atoms with E-state index < -0.39 is 17.8 Å². The fraction of sp³-hybridized carbons (Fsp3) is 0.188. The number of benzene rings is 2. The molecule has 1 amide bonds. The molecule has 1 N–H and O–H groups in total. The van der Waals surface area contributed by atoms with Gasteiger partial charge in [0, 0.05) is 11.1 Å². The number of anilines is 1. The molecule has 122 valence electrons. The highest BCUT2D eigenvalue weighted by Crippen LogP contribution is 2.34. The van der Waals surface area contributed by atoms with Crippen LogP contribution in [0.1, 0.15) is 6.92 Å². The van der Waals surface area contributed by atoms with Crippen molar-refractivity contribution in [1.29, 1.82) is 0 Å². The Hall–Kier alpha value is -1.79. The standard InChI is InChI=1S/C16H14BrClFNO3/c1-9(23-12-5-3-4-10(18)6-12)16(21)20-14-8-11(19)7-13(17)15(14)22-2/h3-9H,1-2H3,(H,20,21). The van der Waals surface area contributed by atoms with Crippen molar-refractivity contribution in [3.63, 3.8) is 0 Å². The number of hydrogen-bond acceptors (Lipinski definition) is 3. The molecule has 0 aliphatic rings. The Morgan fingerprint density at radius 1 is 1.35 bits per heavy atom. The molecule has 1 unspecified atom stereocenters. The molecule has 0 aliphatic heterocycles. The van der Waals surface area contributed by atoms with Crippen LogP contribution in [-0.4, -0.2) is 19.1 Å². The van der Waals surface area contributed by atoms with E-state index in [0.717, 1.165) is 0 Å². The first-order valence-electron chi connectivity index (χ1n) is 6.67. The van der Waals surface area contributed by atoms with Gasteiger partial charge >= 0.3 is 0 Å². The van der Waals surface area contributed by atoms with Crippen molar-refractivity contribution < 1.29 is 18.7 Å². The molecule has 0 saturated heterocycles. The van der Waals surface area contributed by atoms with Gasteiger partial charge in [-0.3, -0.25) is 4.79 Å². The fourth-order valence-electron chi connectivity index (χ4n) is 1.89. The third-order valence-electron chi connectivity index (χ3n) is 2.95. The average molecular weight is 403 g/mol. The number of halogens is 3. The number of carbonyl (C=O) groups excluding carboxylic acids is 1. The summed E-state index contributed by atoms with van der Waals surface area (Å²) >= 11 is 9.05. The van der Waals surface area contributed by atoms with Crippen molar-refractivity contribution in [2.75, 3.05) is 12.4 Å². The third kappa shape index (κ3) is 4.59. The first-order chi connectivity index (χ1) is 10.9. The van der Waals surface area contributed by atoms with Gasteiger partial charge in [0.1, 0.15) is 11.6 Å². The Morgan fingerprint density at radius 3 is 2.74 bits per heavy atom. The maximum atomic E-state index is 13.5. The van der Waals surface area contributed by atoms with Crippen molar-refractivity contribution in [2.24, 2.45) is 0 Å². The molecule has 0 radical (unpaired) electrons. The van der Waals surface area contributed by atoms with Gasteiger partial charge in [0.05, 0.1) is 17.3 Å². The lowest BCUT2D eigenvalue weighted by atomic mass is 10.2. The molecule has 2 rings (SSSR count). The van der Waals surface area contributed by atoms with Crippen LogP contribution >= 0.6 is 27.5 Å². The van der Waals surface area contributed by atoms with Crippen LogP contribution in [0.5, 0.6) is 11.5 Å². The van der Waals surface area contributed by atoms with E-state index >= 15 is 0 Å². The van der Waals surface area contributed by atoms with Crippen LogP contribution in [0.3, 0.4) is 0 Å². The van der Waals surface area contributed by atoms with E-state index in [1.807, 2.05) is 0 Å². The van der Waals surface area contributed by atoms with Gasteiger partial charge in [-0.05, 0) is 47.1 Å². The van der Waals surface area contributed by atoms with E-state index in [4.69, 9.17) is 21.1 Å². The summed E-state index contributed by atoms with van der Waals surface area (Å²) in [6, 6.07) is 9.14. The summed E-state index contributed by atoms with van der Waals surface area (Å²) in [7, 11) is 1.43. The quantitative estimate of drug-likeness (QED) is 0.791. The van der Waals surface area contributed by atoms with Crippen LogP contribution in [0, 0.1) is 5.82 Å². The Balaban J connectivity index is 2.12. The molecule has 0 spiro atoms. The first-order valence-corrected chi connectivity index (χ1v) is 7.84. The number of amides is 1. The third-order valence-corrected chi connectivity index (χ3v) is 3.77.